The predicted molar refractivity (Wildman–Crippen MR) is 48.9 cm³/mol. The molecule has 0 N–H and O–H groups in total. The lowest BCUT2D eigenvalue weighted by Crippen LogP contribution is -1.94. The van der Waals surface area contributed by atoms with Gasteiger partial charge in [0.15, 0.2) is 0 Å². The van der Waals surface area contributed by atoms with Crippen LogP contribution in [-0.2, 0) is 4.74 Å². The van der Waals surface area contributed by atoms with Crippen LogP contribution < -0.4 is 0 Å². The molecule has 0 aromatic heterocycles. The molecule has 0 bridgehead atoms. The van der Waals surface area contributed by atoms with Gasteiger partial charge in [0.1, 0.15) is 0 Å². The van der Waals surface area contributed by atoms with Crippen LogP contribution in [0.3, 0.4) is 0 Å². The lowest BCUT2D eigenvalue weighted by Gasteiger charge is -2.08. The van der Waals surface area contributed by atoms with Crippen molar-refractivity contribution in [2.75, 3.05) is 6.61 Å². The van der Waals surface area contributed by atoms with Crippen LogP contribution in [0, 0.1) is 5.92 Å². The van der Waals surface area contributed by atoms with Crippen LogP contribution in [0.2, 0.25) is 0 Å². The third-order valence-corrected chi connectivity index (χ3v) is 2.37. The molecule has 1 nitrogen and oxygen atoms in total. The highest BCUT2D eigenvalue weighted by Gasteiger charge is 2.22. The topological polar surface area (TPSA) is 9.23 Å². The van der Waals surface area contributed by atoms with E-state index in [4.69, 9.17) is 4.74 Å². The van der Waals surface area contributed by atoms with Crippen molar-refractivity contribution in [1.29, 1.82) is 0 Å². The van der Waals surface area contributed by atoms with Gasteiger partial charge in [-0.2, -0.15) is 0 Å². The van der Waals surface area contributed by atoms with Gasteiger partial charge in [-0.25, -0.2) is 0 Å². The molecule has 0 radical (unpaired) electrons. The van der Waals surface area contributed by atoms with Crippen LogP contribution in [-0.4, -0.2) is 6.61 Å². The summed E-state index contributed by atoms with van der Waals surface area (Å²) < 4.78 is 5.65. The van der Waals surface area contributed by atoms with Crippen LogP contribution in [0.1, 0.15) is 25.0 Å². The first-order valence-electron chi connectivity index (χ1n) is 4.53. The first-order chi connectivity index (χ1) is 5.86. The average Bonchev–Trinajstić information content (AvgIpc) is 2.54. The van der Waals surface area contributed by atoms with E-state index in [1.807, 2.05) is 6.07 Å². The average molecular weight is 162 g/mol. The minimum Gasteiger partial charge on any atom is -0.373 e. The maximum Gasteiger partial charge on any atom is 0.0828 e. The Morgan fingerprint density at radius 1 is 1.25 bits per heavy atom. The SMILES string of the molecule is C[C@@H]1CO[C@@H](c2ccccc2)C1. The Bertz CT molecular complexity index is 242. The van der Waals surface area contributed by atoms with Crippen molar-refractivity contribution in [2.45, 2.75) is 19.4 Å². The second-order valence-corrected chi connectivity index (χ2v) is 3.57. The standard InChI is InChI=1S/C11H14O/c1-9-7-11(12-8-9)10-5-3-2-4-6-10/h2-6,9,11H,7-8H2,1H3/t9-,11+/m0/s1. The van der Waals surface area contributed by atoms with Gasteiger partial charge in [0.2, 0.25) is 0 Å². The summed E-state index contributed by atoms with van der Waals surface area (Å²) in [5.41, 5.74) is 1.32. The second kappa shape index (κ2) is 3.28. The molecule has 0 unspecified atom stereocenters. The third kappa shape index (κ3) is 1.51. The second-order valence-electron chi connectivity index (χ2n) is 3.57. The third-order valence-electron chi connectivity index (χ3n) is 2.37. The van der Waals surface area contributed by atoms with Gasteiger partial charge in [0.05, 0.1) is 12.7 Å². The first-order valence-corrected chi connectivity index (χ1v) is 4.53. The zero-order chi connectivity index (χ0) is 8.39. The summed E-state index contributed by atoms with van der Waals surface area (Å²) in [7, 11) is 0. The van der Waals surface area contributed by atoms with E-state index >= 15 is 0 Å². The van der Waals surface area contributed by atoms with Crippen molar-refractivity contribution in [3.63, 3.8) is 0 Å². The number of hydrogen-bond acceptors (Lipinski definition) is 1. The summed E-state index contributed by atoms with van der Waals surface area (Å²) >= 11 is 0. The van der Waals surface area contributed by atoms with Gasteiger partial charge in [-0.3, -0.25) is 0 Å². The molecule has 0 amide bonds. The molecule has 1 fully saturated rings. The van der Waals surface area contributed by atoms with E-state index in [1.54, 1.807) is 0 Å². The zero-order valence-electron chi connectivity index (χ0n) is 7.36. The molecule has 1 aromatic rings. The predicted octanol–water partition coefficient (Wildman–Crippen LogP) is 2.78. The largest absolute Gasteiger partial charge is 0.373 e. The van der Waals surface area contributed by atoms with Crippen molar-refractivity contribution in [1.82, 2.24) is 0 Å². The Balaban J connectivity index is 2.11. The van der Waals surface area contributed by atoms with Crippen LogP contribution in [0.25, 0.3) is 0 Å². The smallest absolute Gasteiger partial charge is 0.0828 e. The van der Waals surface area contributed by atoms with Crippen LogP contribution in [0.4, 0.5) is 0 Å². The molecule has 0 aliphatic carbocycles. The molecule has 2 atom stereocenters. The fourth-order valence-electron chi connectivity index (χ4n) is 1.68. The van der Waals surface area contributed by atoms with Crippen LogP contribution in [0.5, 0.6) is 0 Å². The molecule has 1 heterocycles. The Morgan fingerprint density at radius 3 is 2.58 bits per heavy atom. The fourth-order valence-corrected chi connectivity index (χ4v) is 1.68. The summed E-state index contributed by atoms with van der Waals surface area (Å²) in [6, 6.07) is 10.5. The van der Waals surface area contributed by atoms with Gasteiger partial charge in [0.25, 0.3) is 0 Å². The summed E-state index contributed by atoms with van der Waals surface area (Å²) in [6.07, 6.45) is 1.52. The summed E-state index contributed by atoms with van der Waals surface area (Å²) in [6.45, 7) is 3.16. The van der Waals surface area contributed by atoms with Crippen molar-refractivity contribution in [3.8, 4) is 0 Å². The molecular weight excluding hydrogens is 148 g/mol. The van der Waals surface area contributed by atoms with E-state index in [0.717, 1.165) is 12.5 Å². The Kier molecular flexibility index (Phi) is 2.13. The van der Waals surface area contributed by atoms with E-state index in [9.17, 15) is 0 Å². The van der Waals surface area contributed by atoms with Crippen LogP contribution in [0.15, 0.2) is 30.3 Å². The summed E-state index contributed by atoms with van der Waals surface area (Å²) in [4.78, 5) is 0. The number of rotatable bonds is 1. The van der Waals surface area contributed by atoms with E-state index < -0.39 is 0 Å². The van der Waals surface area contributed by atoms with Crippen molar-refractivity contribution in [3.05, 3.63) is 35.9 Å². The zero-order valence-corrected chi connectivity index (χ0v) is 7.36. The van der Waals surface area contributed by atoms with E-state index in [0.29, 0.717) is 6.10 Å². The molecular formula is C11H14O. The first kappa shape index (κ1) is 7.81. The van der Waals surface area contributed by atoms with Gasteiger partial charge in [-0.15, -0.1) is 0 Å². The van der Waals surface area contributed by atoms with Gasteiger partial charge in [0, 0.05) is 0 Å². The molecule has 1 aromatic carbocycles. The summed E-state index contributed by atoms with van der Waals surface area (Å²) in [5.74, 6) is 0.718. The molecule has 1 aliphatic rings. The van der Waals surface area contributed by atoms with Crippen molar-refractivity contribution < 1.29 is 4.74 Å². The Labute approximate surface area is 73.4 Å². The van der Waals surface area contributed by atoms with Crippen molar-refractivity contribution >= 4 is 0 Å². The molecule has 64 valence electrons. The highest BCUT2D eigenvalue weighted by molar-refractivity contribution is 5.18. The minimum absolute atomic E-state index is 0.348. The van der Waals surface area contributed by atoms with E-state index in [1.165, 1.54) is 12.0 Å². The number of benzene rings is 1. The Hall–Kier alpha value is -0.820. The van der Waals surface area contributed by atoms with Gasteiger partial charge in [-0.05, 0) is 17.9 Å². The monoisotopic (exact) mass is 162 g/mol. The molecule has 1 saturated heterocycles. The molecule has 0 spiro atoms. The van der Waals surface area contributed by atoms with Crippen molar-refractivity contribution in [2.24, 2.45) is 5.92 Å². The molecule has 12 heavy (non-hydrogen) atoms. The molecule has 1 aliphatic heterocycles. The minimum atomic E-state index is 0.348. The van der Waals surface area contributed by atoms with Gasteiger partial charge < -0.3 is 4.74 Å². The maximum atomic E-state index is 5.65. The fraction of sp³-hybridized carbons (Fsp3) is 0.455. The highest BCUT2D eigenvalue weighted by atomic mass is 16.5. The lowest BCUT2D eigenvalue weighted by atomic mass is 10.0. The quantitative estimate of drug-likeness (QED) is 0.617. The lowest BCUT2D eigenvalue weighted by molar-refractivity contribution is 0.108. The molecule has 2 rings (SSSR count). The van der Waals surface area contributed by atoms with Gasteiger partial charge in [-0.1, -0.05) is 37.3 Å². The number of ether oxygens (including phenoxy) is 1. The number of hydrogen-bond donors (Lipinski definition) is 0. The maximum absolute atomic E-state index is 5.65. The van der Waals surface area contributed by atoms with E-state index in [2.05, 4.69) is 31.2 Å². The molecule has 0 saturated carbocycles. The van der Waals surface area contributed by atoms with Crippen LogP contribution >= 0.6 is 0 Å². The highest BCUT2D eigenvalue weighted by Crippen LogP contribution is 2.31. The Morgan fingerprint density at radius 2 is 2.00 bits per heavy atom. The summed E-state index contributed by atoms with van der Waals surface area (Å²) in [5, 5.41) is 0. The molecule has 1 heteroatoms. The van der Waals surface area contributed by atoms with Gasteiger partial charge >= 0.3 is 0 Å². The normalized spacial score (nSPS) is 29.1. The van der Waals surface area contributed by atoms with E-state index in [-0.39, 0.29) is 0 Å².